The number of hydrogen-bond donors (Lipinski definition) is 2. The van der Waals surface area contributed by atoms with E-state index in [1.807, 2.05) is 26.0 Å². The van der Waals surface area contributed by atoms with Crippen LogP contribution in [0.3, 0.4) is 0 Å². The molecule has 0 saturated heterocycles. The van der Waals surface area contributed by atoms with Gasteiger partial charge in [-0.05, 0) is 36.6 Å². The molecule has 2 rings (SSSR count). The second kappa shape index (κ2) is 7.13. The van der Waals surface area contributed by atoms with Crippen LogP contribution in [0.25, 0.3) is 11.1 Å². The van der Waals surface area contributed by atoms with Crippen LogP contribution in [0, 0.1) is 5.41 Å². The van der Waals surface area contributed by atoms with E-state index in [0.29, 0.717) is 18.4 Å². The first kappa shape index (κ1) is 16.8. The van der Waals surface area contributed by atoms with Gasteiger partial charge in [-0.3, -0.25) is 9.59 Å². The molecule has 0 unspecified atom stereocenters. The zero-order valence-corrected chi connectivity index (χ0v) is 13.3. The SMILES string of the molecule is CCC(CC)(CNC(=O)c1cccc(-c2ccoc2)c1)C(=O)O. The van der Waals surface area contributed by atoms with Crippen molar-refractivity contribution < 1.29 is 19.1 Å². The second-order valence-electron chi connectivity index (χ2n) is 5.57. The highest BCUT2D eigenvalue weighted by molar-refractivity contribution is 5.95. The van der Waals surface area contributed by atoms with Crippen molar-refractivity contribution in [1.82, 2.24) is 5.32 Å². The first-order valence-corrected chi connectivity index (χ1v) is 7.66. The highest BCUT2D eigenvalue weighted by Gasteiger charge is 2.35. The number of carbonyl (C=O) groups excluding carboxylic acids is 1. The van der Waals surface area contributed by atoms with Gasteiger partial charge in [-0.15, -0.1) is 0 Å². The van der Waals surface area contributed by atoms with Crippen molar-refractivity contribution in [3.8, 4) is 11.1 Å². The van der Waals surface area contributed by atoms with E-state index in [-0.39, 0.29) is 12.5 Å². The van der Waals surface area contributed by atoms with Crippen molar-refractivity contribution in [2.24, 2.45) is 5.41 Å². The zero-order valence-electron chi connectivity index (χ0n) is 13.3. The molecule has 0 aliphatic carbocycles. The largest absolute Gasteiger partial charge is 0.481 e. The van der Waals surface area contributed by atoms with E-state index in [4.69, 9.17) is 4.42 Å². The Morgan fingerprint density at radius 2 is 1.91 bits per heavy atom. The number of nitrogens with one attached hydrogen (secondary N) is 1. The van der Waals surface area contributed by atoms with E-state index < -0.39 is 11.4 Å². The highest BCUT2D eigenvalue weighted by atomic mass is 16.4. The Labute approximate surface area is 135 Å². The lowest BCUT2D eigenvalue weighted by atomic mass is 9.82. The molecule has 0 spiro atoms. The molecule has 2 N–H and O–H groups in total. The van der Waals surface area contributed by atoms with Crippen molar-refractivity contribution in [2.45, 2.75) is 26.7 Å². The van der Waals surface area contributed by atoms with Gasteiger partial charge in [0.05, 0.1) is 17.9 Å². The average molecular weight is 315 g/mol. The smallest absolute Gasteiger partial charge is 0.311 e. The number of benzene rings is 1. The van der Waals surface area contributed by atoms with E-state index in [1.54, 1.807) is 30.7 Å². The number of carbonyl (C=O) groups is 2. The van der Waals surface area contributed by atoms with Crippen LogP contribution < -0.4 is 5.32 Å². The molecule has 0 aliphatic heterocycles. The maximum atomic E-state index is 12.3. The molecule has 1 aromatic carbocycles. The van der Waals surface area contributed by atoms with Gasteiger partial charge >= 0.3 is 5.97 Å². The molecule has 5 nitrogen and oxygen atoms in total. The summed E-state index contributed by atoms with van der Waals surface area (Å²) in [6.45, 7) is 3.76. The summed E-state index contributed by atoms with van der Waals surface area (Å²) in [5, 5.41) is 12.2. The number of furan rings is 1. The normalized spacial score (nSPS) is 11.2. The van der Waals surface area contributed by atoms with Gasteiger partial charge in [0.1, 0.15) is 0 Å². The lowest BCUT2D eigenvalue weighted by Crippen LogP contribution is -2.42. The van der Waals surface area contributed by atoms with Gasteiger partial charge in [0.25, 0.3) is 5.91 Å². The topological polar surface area (TPSA) is 79.5 Å². The minimum atomic E-state index is -0.919. The standard InChI is InChI=1S/C18H21NO4/c1-3-18(4-2,17(21)22)12-19-16(20)14-7-5-6-13(10-14)15-8-9-23-11-15/h5-11H,3-4,12H2,1-2H3,(H,19,20)(H,21,22). The molecule has 2 aromatic rings. The van der Waals surface area contributed by atoms with E-state index >= 15 is 0 Å². The number of hydrogen-bond acceptors (Lipinski definition) is 3. The maximum Gasteiger partial charge on any atom is 0.311 e. The molecule has 0 saturated carbocycles. The number of amides is 1. The molecule has 0 aliphatic rings. The van der Waals surface area contributed by atoms with Crippen LogP contribution in [-0.4, -0.2) is 23.5 Å². The predicted octanol–water partition coefficient (Wildman–Crippen LogP) is 3.57. The summed E-state index contributed by atoms with van der Waals surface area (Å²) >= 11 is 0. The number of aliphatic carboxylic acids is 1. The molecule has 122 valence electrons. The highest BCUT2D eigenvalue weighted by Crippen LogP contribution is 2.26. The van der Waals surface area contributed by atoms with Crippen molar-refractivity contribution in [1.29, 1.82) is 0 Å². The Kier molecular flexibility index (Phi) is 5.21. The minimum absolute atomic E-state index is 0.115. The van der Waals surface area contributed by atoms with Gasteiger partial charge in [0, 0.05) is 17.7 Å². The van der Waals surface area contributed by atoms with E-state index in [9.17, 15) is 14.7 Å². The van der Waals surface area contributed by atoms with Gasteiger partial charge in [-0.25, -0.2) is 0 Å². The van der Waals surface area contributed by atoms with Gasteiger partial charge in [-0.2, -0.15) is 0 Å². The van der Waals surface area contributed by atoms with Crippen LogP contribution in [-0.2, 0) is 4.79 Å². The van der Waals surface area contributed by atoms with Gasteiger partial charge < -0.3 is 14.8 Å². The fourth-order valence-corrected chi connectivity index (χ4v) is 2.50. The quantitative estimate of drug-likeness (QED) is 0.818. The van der Waals surface area contributed by atoms with Gasteiger partial charge in [0.2, 0.25) is 0 Å². The van der Waals surface area contributed by atoms with Crippen molar-refractivity contribution in [3.63, 3.8) is 0 Å². The zero-order chi connectivity index (χ0) is 16.9. The molecule has 0 fully saturated rings. The third kappa shape index (κ3) is 3.62. The first-order chi connectivity index (χ1) is 11.0. The summed E-state index contributed by atoms with van der Waals surface area (Å²) in [7, 11) is 0. The Morgan fingerprint density at radius 3 is 2.48 bits per heavy atom. The van der Waals surface area contributed by atoms with E-state index in [2.05, 4.69) is 5.32 Å². The third-order valence-corrected chi connectivity index (χ3v) is 4.37. The van der Waals surface area contributed by atoms with Crippen LogP contribution in [0.1, 0.15) is 37.0 Å². The Balaban J connectivity index is 2.12. The van der Waals surface area contributed by atoms with Crippen LogP contribution >= 0.6 is 0 Å². The van der Waals surface area contributed by atoms with Gasteiger partial charge in [0.15, 0.2) is 0 Å². The van der Waals surface area contributed by atoms with Crippen molar-refractivity contribution in [2.75, 3.05) is 6.54 Å². The molecular formula is C18H21NO4. The molecule has 0 atom stereocenters. The van der Waals surface area contributed by atoms with Crippen molar-refractivity contribution >= 4 is 11.9 Å². The summed E-state index contributed by atoms with van der Waals surface area (Å²) in [5.74, 6) is -1.15. The Hall–Kier alpha value is -2.56. The van der Waals surface area contributed by atoms with Crippen LogP contribution in [0.2, 0.25) is 0 Å². The summed E-state index contributed by atoms with van der Waals surface area (Å²) in [6.07, 6.45) is 4.12. The fourth-order valence-electron chi connectivity index (χ4n) is 2.50. The van der Waals surface area contributed by atoms with E-state index in [1.165, 1.54) is 0 Å². The van der Waals surface area contributed by atoms with Crippen LogP contribution in [0.4, 0.5) is 0 Å². The summed E-state index contributed by atoms with van der Waals surface area (Å²) in [6, 6.07) is 8.98. The minimum Gasteiger partial charge on any atom is -0.481 e. The fraction of sp³-hybridized carbons (Fsp3) is 0.333. The molecule has 1 heterocycles. The monoisotopic (exact) mass is 315 g/mol. The third-order valence-electron chi connectivity index (χ3n) is 4.37. The average Bonchev–Trinajstić information content (AvgIpc) is 3.10. The molecule has 0 bridgehead atoms. The molecule has 1 amide bonds. The Bertz CT molecular complexity index is 672. The molecule has 0 radical (unpaired) electrons. The molecule has 5 heteroatoms. The van der Waals surface area contributed by atoms with Crippen LogP contribution in [0.5, 0.6) is 0 Å². The molecular weight excluding hydrogens is 294 g/mol. The number of carboxylic acid groups (broad SMARTS) is 1. The van der Waals surface area contributed by atoms with Crippen molar-refractivity contribution in [3.05, 3.63) is 48.4 Å². The lowest BCUT2D eigenvalue weighted by Gasteiger charge is -2.26. The predicted molar refractivity (Wildman–Crippen MR) is 87.1 cm³/mol. The van der Waals surface area contributed by atoms with E-state index in [0.717, 1.165) is 11.1 Å². The van der Waals surface area contributed by atoms with Gasteiger partial charge in [-0.1, -0.05) is 26.0 Å². The molecule has 23 heavy (non-hydrogen) atoms. The Morgan fingerprint density at radius 1 is 1.17 bits per heavy atom. The molecule has 1 aromatic heterocycles. The maximum absolute atomic E-state index is 12.3. The summed E-state index contributed by atoms with van der Waals surface area (Å²) in [4.78, 5) is 23.8. The van der Waals surface area contributed by atoms with Crippen LogP contribution in [0.15, 0.2) is 47.3 Å². The first-order valence-electron chi connectivity index (χ1n) is 7.66. The number of carboxylic acids is 1. The lowest BCUT2D eigenvalue weighted by molar-refractivity contribution is -0.149. The summed E-state index contributed by atoms with van der Waals surface area (Å²) < 4.78 is 5.05. The number of rotatable bonds is 7. The summed E-state index contributed by atoms with van der Waals surface area (Å²) in [5.41, 5.74) is 1.34. The second-order valence-corrected chi connectivity index (χ2v) is 5.57.